The lowest BCUT2D eigenvalue weighted by molar-refractivity contribution is -0.125. The quantitative estimate of drug-likeness (QED) is 0.854. The molecule has 28 heavy (non-hydrogen) atoms. The van der Waals surface area contributed by atoms with E-state index in [-0.39, 0.29) is 17.4 Å². The molecular weight excluding hydrogens is 374 g/mol. The molecular formula is C20H27N5O2S. The summed E-state index contributed by atoms with van der Waals surface area (Å²) in [6, 6.07) is 0.361. The Morgan fingerprint density at radius 2 is 1.89 bits per heavy atom. The van der Waals surface area contributed by atoms with Crippen molar-refractivity contribution in [2.24, 2.45) is 5.92 Å². The van der Waals surface area contributed by atoms with Crippen molar-refractivity contribution in [1.82, 2.24) is 19.9 Å². The molecule has 0 radical (unpaired) electrons. The molecule has 8 heteroatoms. The SMILES string of the molecule is O=C(NC1CCCC1)C1CCCN(c2nn3c(=O)c4c(nc3s2)CCCC4)C1. The fourth-order valence-electron chi connectivity index (χ4n) is 4.84. The molecule has 1 atom stereocenters. The highest BCUT2D eigenvalue weighted by atomic mass is 32.1. The third-order valence-corrected chi connectivity index (χ3v) is 7.40. The highest BCUT2D eigenvalue weighted by Crippen LogP contribution is 2.28. The maximum atomic E-state index is 12.8. The van der Waals surface area contributed by atoms with E-state index in [9.17, 15) is 9.59 Å². The van der Waals surface area contributed by atoms with Crippen molar-refractivity contribution in [1.29, 1.82) is 0 Å². The van der Waals surface area contributed by atoms with Gasteiger partial charge >= 0.3 is 0 Å². The van der Waals surface area contributed by atoms with E-state index in [1.807, 2.05) is 0 Å². The molecule has 1 aliphatic heterocycles. The number of hydrogen-bond donors (Lipinski definition) is 1. The lowest BCUT2D eigenvalue weighted by Gasteiger charge is -2.32. The van der Waals surface area contributed by atoms with Crippen LogP contribution >= 0.6 is 11.3 Å². The van der Waals surface area contributed by atoms with Crippen LogP contribution in [0.5, 0.6) is 0 Å². The molecule has 1 saturated carbocycles. The summed E-state index contributed by atoms with van der Waals surface area (Å²) in [7, 11) is 0. The number of nitrogens with one attached hydrogen (secondary N) is 1. The first-order valence-electron chi connectivity index (χ1n) is 10.7. The molecule has 1 saturated heterocycles. The van der Waals surface area contributed by atoms with E-state index in [4.69, 9.17) is 4.98 Å². The van der Waals surface area contributed by atoms with Crippen LogP contribution in [0, 0.1) is 5.92 Å². The van der Waals surface area contributed by atoms with Gasteiger partial charge in [0.2, 0.25) is 16.0 Å². The molecule has 150 valence electrons. The van der Waals surface area contributed by atoms with Crippen molar-refractivity contribution in [2.45, 2.75) is 70.3 Å². The average Bonchev–Trinajstić information content (AvgIpc) is 3.38. The lowest BCUT2D eigenvalue weighted by Crippen LogP contribution is -2.45. The normalized spacial score (nSPS) is 23.1. The van der Waals surface area contributed by atoms with Gasteiger partial charge in [0.05, 0.1) is 11.6 Å². The van der Waals surface area contributed by atoms with Crippen LogP contribution in [-0.4, -0.2) is 39.6 Å². The van der Waals surface area contributed by atoms with Crippen LogP contribution in [0.1, 0.15) is 62.6 Å². The summed E-state index contributed by atoms with van der Waals surface area (Å²) < 4.78 is 1.48. The predicted octanol–water partition coefficient (Wildman–Crippen LogP) is 2.30. The van der Waals surface area contributed by atoms with Crippen LogP contribution < -0.4 is 15.8 Å². The monoisotopic (exact) mass is 401 g/mol. The Kier molecular flexibility index (Phi) is 4.82. The Labute approximate surface area is 168 Å². The first-order valence-corrected chi connectivity index (χ1v) is 11.5. The average molecular weight is 402 g/mol. The van der Waals surface area contributed by atoms with E-state index < -0.39 is 0 Å². The smallest absolute Gasteiger partial charge is 0.278 e. The largest absolute Gasteiger partial charge is 0.353 e. The van der Waals surface area contributed by atoms with Gasteiger partial charge in [-0.15, -0.1) is 5.10 Å². The number of piperidine rings is 1. The number of fused-ring (bicyclic) bond motifs is 2. The molecule has 2 aromatic rings. The molecule has 1 N–H and O–H groups in total. The van der Waals surface area contributed by atoms with Gasteiger partial charge in [-0.25, -0.2) is 4.98 Å². The van der Waals surface area contributed by atoms with Crippen molar-refractivity contribution in [2.75, 3.05) is 18.0 Å². The predicted molar refractivity (Wildman–Crippen MR) is 109 cm³/mol. The van der Waals surface area contributed by atoms with Crippen LogP contribution in [0.2, 0.25) is 0 Å². The number of aryl methyl sites for hydroxylation is 1. The van der Waals surface area contributed by atoms with Gasteiger partial charge in [0, 0.05) is 24.7 Å². The van der Waals surface area contributed by atoms with Crippen molar-refractivity contribution in [3.63, 3.8) is 0 Å². The standard InChI is InChI=1S/C20H27N5O2S/c26-17(21-14-7-1-2-8-14)13-6-5-11-24(12-13)20-23-25-18(27)15-9-3-4-10-16(15)22-19(25)28-20/h13-14H,1-12H2,(H,21,26). The summed E-state index contributed by atoms with van der Waals surface area (Å²) in [5.74, 6) is 0.183. The molecule has 1 amide bonds. The number of amides is 1. The topological polar surface area (TPSA) is 79.6 Å². The molecule has 2 aromatic heterocycles. The minimum atomic E-state index is -0.00487. The van der Waals surface area contributed by atoms with Crippen molar-refractivity contribution < 1.29 is 4.79 Å². The summed E-state index contributed by atoms with van der Waals surface area (Å²) in [6.45, 7) is 1.55. The molecule has 5 rings (SSSR count). The summed E-state index contributed by atoms with van der Waals surface area (Å²) >= 11 is 1.47. The summed E-state index contributed by atoms with van der Waals surface area (Å²) in [5.41, 5.74) is 1.79. The zero-order valence-electron chi connectivity index (χ0n) is 16.2. The second-order valence-corrected chi connectivity index (χ2v) is 9.34. The van der Waals surface area contributed by atoms with E-state index in [1.54, 1.807) is 0 Å². The molecule has 0 aromatic carbocycles. The number of aromatic nitrogens is 3. The van der Waals surface area contributed by atoms with Crippen LogP contribution in [0.3, 0.4) is 0 Å². The fourth-order valence-corrected chi connectivity index (χ4v) is 5.79. The second-order valence-electron chi connectivity index (χ2n) is 8.40. The Morgan fingerprint density at radius 3 is 2.75 bits per heavy atom. The summed E-state index contributed by atoms with van der Waals surface area (Å²) in [5, 5.41) is 8.65. The molecule has 3 aliphatic rings. The minimum absolute atomic E-state index is 0.000695. The maximum absolute atomic E-state index is 12.8. The van der Waals surface area contributed by atoms with Gasteiger partial charge in [-0.05, 0) is 51.4 Å². The zero-order chi connectivity index (χ0) is 19.1. The van der Waals surface area contributed by atoms with Gasteiger partial charge in [0.1, 0.15) is 0 Å². The minimum Gasteiger partial charge on any atom is -0.353 e. The zero-order valence-corrected chi connectivity index (χ0v) is 17.0. The summed E-state index contributed by atoms with van der Waals surface area (Å²) in [6.07, 6.45) is 10.4. The molecule has 3 heterocycles. The summed E-state index contributed by atoms with van der Waals surface area (Å²) in [4.78, 5) is 33.1. The number of anilines is 1. The van der Waals surface area contributed by atoms with Gasteiger partial charge in [0.25, 0.3) is 5.56 Å². The van der Waals surface area contributed by atoms with E-state index in [1.165, 1.54) is 28.7 Å². The Balaban J connectivity index is 1.36. The van der Waals surface area contributed by atoms with Crippen LogP contribution in [0.15, 0.2) is 4.79 Å². The Hall–Kier alpha value is -1.96. The number of rotatable bonds is 3. The van der Waals surface area contributed by atoms with Gasteiger partial charge in [-0.1, -0.05) is 24.2 Å². The van der Waals surface area contributed by atoms with E-state index in [0.717, 1.165) is 74.3 Å². The van der Waals surface area contributed by atoms with Crippen molar-refractivity contribution in [3.8, 4) is 0 Å². The van der Waals surface area contributed by atoms with Gasteiger partial charge in [0.15, 0.2) is 0 Å². The van der Waals surface area contributed by atoms with Gasteiger partial charge in [-0.3, -0.25) is 9.59 Å². The Bertz CT molecular complexity index is 946. The number of carbonyl (C=O) groups is 1. The number of carbonyl (C=O) groups excluding carboxylic acids is 1. The highest BCUT2D eigenvalue weighted by molar-refractivity contribution is 7.20. The first-order chi connectivity index (χ1) is 13.7. The molecule has 2 aliphatic carbocycles. The number of nitrogens with zero attached hydrogens (tertiary/aromatic N) is 4. The van der Waals surface area contributed by atoms with Crippen LogP contribution in [0.4, 0.5) is 5.13 Å². The molecule has 1 unspecified atom stereocenters. The third-order valence-electron chi connectivity index (χ3n) is 6.43. The maximum Gasteiger partial charge on any atom is 0.278 e. The van der Waals surface area contributed by atoms with E-state index in [2.05, 4.69) is 15.3 Å². The molecule has 7 nitrogen and oxygen atoms in total. The highest BCUT2D eigenvalue weighted by Gasteiger charge is 2.30. The molecule has 0 bridgehead atoms. The van der Waals surface area contributed by atoms with E-state index >= 15 is 0 Å². The second kappa shape index (κ2) is 7.46. The van der Waals surface area contributed by atoms with Crippen LogP contribution in [-0.2, 0) is 17.6 Å². The molecule has 2 fully saturated rings. The lowest BCUT2D eigenvalue weighted by atomic mass is 9.97. The van der Waals surface area contributed by atoms with E-state index in [0.29, 0.717) is 17.5 Å². The third kappa shape index (κ3) is 3.32. The fraction of sp³-hybridized carbons (Fsp3) is 0.700. The van der Waals surface area contributed by atoms with Crippen LogP contribution in [0.25, 0.3) is 4.96 Å². The van der Waals surface area contributed by atoms with Gasteiger partial charge < -0.3 is 10.2 Å². The van der Waals surface area contributed by atoms with Crippen molar-refractivity contribution in [3.05, 3.63) is 21.6 Å². The Morgan fingerprint density at radius 1 is 1.07 bits per heavy atom. The van der Waals surface area contributed by atoms with Crippen molar-refractivity contribution >= 4 is 27.3 Å². The number of hydrogen-bond acceptors (Lipinski definition) is 6. The first kappa shape index (κ1) is 18.1. The van der Waals surface area contributed by atoms with Gasteiger partial charge in [-0.2, -0.15) is 4.52 Å². The molecule has 0 spiro atoms.